The molecule has 2 aromatic carbocycles. The molecule has 33 heavy (non-hydrogen) atoms. The van der Waals surface area contributed by atoms with Crippen LogP contribution >= 0.6 is 11.3 Å². The van der Waals surface area contributed by atoms with E-state index in [9.17, 15) is 4.79 Å². The van der Waals surface area contributed by atoms with Crippen molar-refractivity contribution < 1.29 is 4.79 Å². The fourth-order valence-electron chi connectivity index (χ4n) is 3.69. The number of hydrogen-bond acceptors (Lipinski definition) is 5. The molecule has 0 fully saturated rings. The number of carbonyl (C=O) groups is 1. The van der Waals surface area contributed by atoms with E-state index in [4.69, 9.17) is 0 Å². The highest BCUT2D eigenvalue weighted by atomic mass is 32.1. The van der Waals surface area contributed by atoms with Crippen molar-refractivity contribution in [3.63, 3.8) is 0 Å². The van der Waals surface area contributed by atoms with Gasteiger partial charge in [0.2, 0.25) is 0 Å². The lowest BCUT2D eigenvalue weighted by Gasteiger charge is -2.11. The van der Waals surface area contributed by atoms with Crippen LogP contribution in [0.3, 0.4) is 0 Å². The van der Waals surface area contributed by atoms with E-state index in [0.717, 1.165) is 43.9 Å². The first-order valence-corrected chi connectivity index (χ1v) is 11.3. The van der Waals surface area contributed by atoms with Crippen LogP contribution < -0.4 is 10.6 Å². The largest absolute Gasteiger partial charge is 0.323 e. The average Bonchev–Trinajstić information content (AvgIpc) is 3.26. The highest BCUT2D eigenvalue weighted by molar-refractivity contribution is 7.17. The summed E-state index contributed by atoms with van der Waals surface area (Å²) >= 11 is 1.58. The monoisotopic (exact) mass is 451 g/mol. The normalized spacial score (nSPS) is 10.8. The fourth-order valence-corrected chi connectivity index (χ4v) is 4.61. The van der Waals surface area contributed by atoms with Crippen LogP contribution in [0.1, 0.15) is 11.1 Å². The van der Waals surface area contributed by atoms with E-state index in [1.54, 1.807) is 30.1 Å². The molecule has 162 valence electrons. The number of fused-ring (bicyclic) bond motifs is 1. The van der Waals surface area contributed by atoms with Gasteiger partial charge in [-0.3, -0.25) is 4.98 Å². The Kier molecular flexibility index (Phi) is 5.54. The molecule has 5 rings (SSSR count). The average molecular weight is 452 g/mol. The van der Waals surface area contributed by atoms with Gasteiger partial charge >= 0.3 is 6.03 Å². The van der Waals surface area contributed by atoms with Crippen LogP contribution in [-0.4, -0.2) is 21.0 Å². The van der Waals surface area contributed by atoms with Crippen molar-refractivity contribution in [3.05, 3.63) is 89.8 Å². The Labute approximate surface area is 195 Å². The third-order valence-electron chi connectivity index (χ3n) is 5.52. The third kappa shape index (κ3) is 4.31. The lowest BCUT2D eigenvalue weighted by atomic mass is 10.0. The quantitative estimate of drug-likeness (QED) is 0.319. The second-order valence-electron chi connectivity index (χ2n) is 7.75. The first-order chi connectivity index (χ1) is 16.1. The first-order valence-electron chi connectivity index (χ1n) is 10.5. The number of amides is 2. The van der Waals surface area contributed by atoms with Crippen LogP contribution in [-0.2, 0) is 0 Å². The first kappa shape index (κ1) is 20.8. The number of hydrogen-bond donors (Lipinski definition) is 2. The number of urea groups is 1. The number of rotatable bonds is 4. The number of anilines is 2. The van der Waals surface area contributed by atoms with E-state index in [-0.39, 0.29) is 6.03 Å². The molecular formula is C26H21N5OS. The topological polar surface area (TPSA) is 79.8 Å². The maximum atomic E-state index is 12.6. The van der Waals surface area contributed by atoms with Gasteiger partial charge < -0.3 is 10.6 Å². The van der Waals surface area contributed by atoms with Crippen molar-refractivity contribution in [1.82, 2.24) is 15.0 Å². The Bertz CT molecular complexity index is 1460. The van der Waals surface area contributed by atoms with Gasteiger partial charge in [-0.1, -0.05) is 18.2 Å². The summed E-state index contributed by atoms with van der Waals surface area (Å²) in [6, 6.07) is 17.2. The molecule has 0 saturated heterocycles. The van der Waals surface area contributed by atoms with Crippen LogP contribution in [0, 0.1) is 13.8 Å². The number of pyridine rings is 1. The SMILES string of the molecule is Cc1ccc(NC(=O)Nc2cccc(-c3ncnc4scc(-c5ccncc5)c34)c2)cc1C. The van der Waals surface area contributed by atoms with Gasteiger partial charge in [-0.25, -0.2) is 14.8 Å². The Morgan fingerprint density at radius 2 is 1.64 bits per heavy atom. The number of thiophene rings is 1. The third-order valence-corrected chi connectivity index (χ3v) is 6.41. The summed E-state index contributed by atoms with van der Waals surface area (Å²) in [6.45, 7) is 4.07. The smallest absolute Gasteiger partial charge is 0.308 e. The maximum absolute atomic E-state index is 12.6. The van der Waals surface area contributed by atoms with E-state index in [0.29, 0.717) is 5.69 Å². The van der Waals surface area contributed by atoms with E-state index in [1.807, 2.05) is 68.4 Å². The van der Waals surface area contributed by atoms with Crippen molar-refractivity contribution in [2.75, 3.05) is 10.6 Å². The molecule has 0 aliphatic carbocycles. The Balaban J connectivity index is 1.45. The summed E-state index contributed by atoms with van der Waals surface area (Å²) in [4.78, 5) is 26.7. The van der Waals surface area contributed by atoms with E-state index in [1.165, 1.54) is 5.56 Å². The van der Waals surface area contributed by atoms with Crippen LogP contribution in [0.4, 0.5) is 16.2 Å². The van der Waals surface area contributed by atoms with E-state index < -0.39 is 0 Å². The van der Waals surface area contributed by atoms with Crippen LogP contribution in [0.5, 0.6) is 0 Å². The molecule has 0 bridgehead atoms. The summed E-state index contributed by atoms with van der Waals surface area (Å²) in [5.41, 5.74) is 7.61. The lowest BCUT2D eigenvalue weighted by molar-refractivity contribution is 0.262. The standard InChI is InChI=1S/C26H21N5OS/c1-16-6-7-21(12-17(16)2)31-26(32)30-20-5-3-4-19(13-20)24-23-22(18-8-10-27-11-9-18)14-33-25(23)29-15-28-24/h3-15H,1-2H3,(H2,30,31,32). The molecule has 2 N–H and O–H groups in total. The predicted octanol–water partition coefficient (Wildman–Crippen LogP) is 6.68. The van der Waals surface area contributed by atoms with Gasteiger partial charge in [-0.05, 0) is 66.9 Å². The molecule has 0 atom stereocenters. The number of aromatic nitrogens is 3. The summed E-state index contributed by atoms with van der Waals surface area (Å²) in [5.74, 6) is 0. The molecule has 0 radical (unpaired) electrons. The molecule has 3 heterocycles. The van der Waals surface area contributed by atoms with Crippen LogP contribution in [0.15, 0.2) is 78.7 Å². The van der Waals surface area contributed by atoms with Crippen molar-refractivity contribution >= 4 is 39.0 Å². The minimum atomic E-state index is -0.295. The molecule has 7 heteroatoms. The van der Waals surface area contributed by atoms with Gasteiger partial charge in [-0.15, -0.1) is 11.3 Å². The second kappa shape index (κ2) is 8.80. The lowest BCUT2D eigenvalue weighted by Crippen LogP contribution is -2.19. The summed E-state index contributed by atoms with van der Waals surface area (Å²) < 4.78 is 0. The Morgan fingerprint density at radius 3 is 2.42 bits per heavy atom. The molecule has 6 nitrogen and oxygen atoms in total. The van der Waals surface area contributed by atoms with Gasteiger partial charge in [0.05, 0.1) is 5.69 Å². The number of nitrogens with one attached hydrogen (secondary N) is 2. The number of carbonyl (C=O) groups excluding carboxylic acids is 1. The van der Waals surface area contributed by atoms with Gasteiger partial charge in [0.1, 0.15) is 11.2 Å². The van der Waals surface area contributed by atoms with Gasteiger partial charge in [0.25, 0.3) is 0 Å². The van der Waals surface area contributed by atoms with Gasteiger partial charge in [0.15, 0.2) is 0 Å². The zero-order chi connectivity index (χ0) is 22.8. The number of nitrogens with zero attached hydrogens (tertiary/aromatic N) is 3. The molecule has 5 aromatic rings. The van der Waals surface area contributed by atoms with Crippen LogP contribution in [0.2, 0.25) is 0 Å². The number of benzene rings is 2. The molecule has 0 unspecified atom stereocenters. The van der Waals surface area contributed by atoms with Crippen molar-refractivity contribution in [3.8, 4) is 22.4 Å². The van der Waals surface area contributed by atoms with Crippen LogP contribution in [0.25, 0.3) is 32.6 Å². The molecular weight excluding hydrogens is 430 g/mol. The summed E-state index contributed by atoms with van der Waals surface area (Å²) in [6.07, 6.45) is 5.14. The molecule has 0 spiro atoms. The second-order valence-corrected chi connectivity index (χ2v) is 8.60. The Hall–Kier alpha value is -4.10. The minimum absolute atomic E-state index is 0.295. The molecule has 2 amide bonds. The highest BCUT2D eigenvalue weighted by Gasteiger charge is 2.15. The van der Waals surface area contributed by atoms with E-state index >= 15 is 0 Å². The zero-order valence-corrected chi connectivity index (χ0v) is 19.0. The molecule has 0 aliphatic heterocycles. The number of aryl methyl sites for hydroxylation is 2. The van der Waals surface area contributed by atoms with Crippen molar-refractivity contribution in [1.29, 1.82) is 0 Å². The van der Waals surface area contributed by atoms with E-state index in [2.05, 4.69) is 31.0 Å². The highest BCUT2D eigenvalue weighted by Crippen LogP contribution is 2.38. The summed E-state index contributed by atoms with van der Waals surface area (Å²) in [5, 5.41) is 8.90. The minimum Gasteiger partial charge on any atom is -0.308 e. The van der Waals surface area contributed by atoms with Crippen molar-refractivity contribution in [2.24, 2.45) is 0 Å². The molecule has 3 aromatic heterocycles. The zero-order valence-electron chi connectivity index (χ0n) is 18.2. The fraction of sp³-hybridized carbons (Fsp3) is 0.0769. The predicted molar refractivity (Wildman–Crippen MR) is 135 cm³/mol. The Morgan fingerprint density at radius 1 is 0.848 bits per heavy atom. The maximum Gasteiger partial charge on any atom is 0.323 e. The van der Waals surface area contributed by atoms with Crippen molar-refractivity contribution in [2.45, 2.75) is 13.8 Å². The molecule has 0 saturated carbocycles. The van der Waals surface area contributed by atoms with Gasteiger partial charge in [-0.2, -0.15) is 0 Å². The summed E-state index contributed by atoms with van der Waals surface area (Å²) in [7, 11) is 0. The van der Waals surface area contributed by atoms with Gasteiger partial charge in [0, 0.05) is 45.7 Å². The molecule has 0 aliphatic rings.